The number of hydrogen-bond donors (Lipinski definition) is 2. The van der Waals surface area contributed by atoms with Crippen molar-refractivity contribution in [2.75, 3.05) is 19.3 Å². The second kappa shape index (κ2) is 5.35. The lowest BCUT2D eigenvalue weighted by Gasteiger charge is -2.24. The zero-order valence-corrected chi connectivity index (χ0v) is 9.96. The van der Waals surface area contributed by atoms with Crippen molar-refractivity contribution < 1.29 is 8.42 Å². The van der Waals surface area contributed by atoms with E-state index < -0.39 is 15.6 Å². The van der Waals surface area contributed by atoms with Crippen LogP contribution in [0.5, 0.6) is 0 Å². The highest BCUT2D eigenvalue weighted by Crippen LogP contribution is 2.01. The molecule has 0 aromatic heterocycles. The molecule has 0 aromatic carbocycles. The molecule has 0 spiro atoms. The predicted octanol–water partition coefficient (Wildman–Crippen LogP) is -0.0729. The maximum absolute atomic E-state index is 11.0. The Hall–Kier alpha value is -0.570. The van der Waals surface area contributed by atoms with Crippen LogP contribution in [-0.2, 0) is 10.0 Å². The van der Waals surface area contributed by atoms with Gasteiger partial charge in [0.1, 0.15) is 0 Å². The van der Waals surface area contributed by atoms with Gasteiger partial charge in [0.25, 0.3) is 0 Å². The molecule has 0 amide bonds. The summed E-state index contributed by atoms with van der Waals surface area (Å²) in [4.78, 5) is 0. The Morgan fingerprint density at radius 1 is 1.36 bits per heavy atom. The molecule has 14 heavy (non-hydrogen) atoms. The quantitative estimate of drug-likeness (QED) is 0.501. The van der Waals surface area contributed by atoms with Gasteiger partial charge >= 0.3 is 0 Å². The molecule has 0 radical (unpaired) electrons. The first kappa shape index (κ1) is 13.4. The molecule has 0 aliphatic carbocycles. The highest BCUT2D eigenvalue weighted by atomic mass is 32.2. The van der Waals surface area contributed by atoms with Gasteiger partial charge in [-0.1, -0.05) is 5.92 Å². The van der Waals surface area contributed by atoms with Crippen molar-refractivity contribution in [3.05, 3.63) is 0 Å². The Morgan fingerprint density at radius 3 is 2.36 bits per heavy atom. The first-order chi connectivity index (χ1) is 6.27. The van der Waals surface area contributed by atoms with Crippen LogP contribution in [0.1, 0.15) is 20.8 Å². The minimum absolute atomic E-state index is 0.483. The average Bonchev–Trinajstić information content (AvgIpc) is 1.93. The molecule has 5 heteroatoms. The normalized spacial score (nSPS) is 12.0. The Kier molecular flexibility index (Phi) is 5.13. The van der Waals surface area contributed by atoms with Crippen LogP contribution >= 0.6 is 0 Å². The molecular weight excluding hydrogens is 200 g/mol. The molecule has 0 saturated heterocycles. The molecule has 0 atom stereocenters. The highest BCUT2D eigenvalue weighted by Gasteiger charge is 2.20. The molecule has 0 saturated carbocycles. The van der Waals surface area contributed by atoms with Crippen LogP contribution in [0, 0.1) is 11.8 Å². The molecule has 0 aliphatic rings. The minimum atomic E-state index is -3.15. The van der Waals surface area contributed by atoms with E-state index in [2.05, 4.69) is 21.9 Å². The van der Waals surface area contributed by atoms with Crippen molar-refractivity contribution in [3.8, 4) is 11.8 Å². The topological polar surface area (TPSA) is 58.2 Å². The van der Waals surface area contributed by atoms with Crippen LogP contribution in [0.3, 0.4) is 0 Å². The first-order valence-electron chi connectivity index (χ1n) is 4.36. The van der Waals surface area contributed by atoms with E-state index >= 15 is 0 Å². The van der Waals surface area contributed by atoms with Crippen molar-refractivity contribution in [2.24, 2.45) is 0 Å². The molecule has 0 fully saturated rings. The molecule has 0 unspecified atom stereocenters. The monoisotopic (exact) mass is 218 g/mol. The van der Waals surface area contributed by atoms with Crippen molar-refractivity contribution in [1.29, 1.82) is 0 Å². The summed E-state index contributed by atoms with van der Waals surface area (Å²) in [6.07, 6.45) is 1.15. The van der Waals surface area contributed by atoms with Crippen LogP contribution in [0.2, 0.25) is 0 Å². The number of nitrogens with one attached hydrogen (secondary N) is 2. The Labute approximate surface area is 86.5 Å². The molecule has 0 aliphatic heterocycles. The maximum Gasteiger partial charge on any atom is 0.209 e. The molecule has 0 bridgehead atoms. The van der Waals surface area contributed by atoms with Gasteiger partial charge in [0.05, 0.1) is 12.8 Å². The summed E-state index contributed by atoms with van der Waals surface area (Å²) in [7, 11) is -3.15. The molecule has 4 nitrogen and oxygen atoms in total. The lowest BCUT2D eigenvalue weighted by molar-refractivity contribution is 0.431. The number of hydrogen-bond acceptors (Lipinski definition) is 3. The molecular formula is C9H18N2O2S. The van der Waals surface area contributed by atoms with Crippen molar-refractivity contribution >= 4 is 10.0 Å². The third-order valence-electron chi connectivity index (χ3n) is 1.42. The van der Waals surface area contributed by atoms with Crippen LogP contribution in [-0.4, -0.2) is 33.3 Å². The summed E-state index contributed by atoms with van der Waals surface area (Å²) < 4.78 is 24.5. The fraction of sp³-hybridized carbons (Fsp3) is 0.778. The summed E-state index contributed by atoms with van der Waals surface area (Å²) in [5, 5.41) is 3.05. The first-order valence-corrected chi connectivity index (χ1v) is 6.25. The summed E-state index contributed by atoms with van der Waals surface area (Å²) in [5.41, 5.74) is -0.483. The Bertz CT molecular complexity index is 322. The summed E-state index contributed by atoms with van der Waals surface area (Å²) in [6.45, 7) is 6.53. The summed E-state index contributed by atoms with van der Waals surface area (Å²) in [5.74, 6) is 5.60. The van der Waals surface area contributed by atoms with Gasteiger partial charge in [0.15, 0.2) is 0 Å². The van der Waals surface area contributed by atoms with Gasteiger partial charge in [-0.25, -0.2) is 13.1 Å². The van der Waals surface area contributed by atoms with Gasteiger partial charge in [-0.2, -0.15) is 0 Å². The lowest BCUT2D eigenvalue weighted by atomic mass is 10.1. The van der Waals surface area contributed by atoms with Gasteiger partial charge in [-0.3, -0.25) is 0 Å². The number of rotatable bonds is 5. The zero-order chi connectivity index (χ0) is 11.2. The van der Waals surface area contributed by atoms with Crippen LogP contribution in [0.15, 0.2) is 0 Å². The third-order valence-corrected chi connectivity index (χ3v) is 2.34. The molecule has 2 N–H and O–H groups in total. The van der Waals surface area contributed by atoms with Gasteiger partial charge < -0.3 is 5.32 Å². The molecule has 0 heterocycles. The van der Waals surface area contributed by atoms with Crippen molar-refractivity contribution in [2.45, 2.75) is 26.3 Å². The summed E-state index contributed by atoms with van der Waals surface area (Å²) >= 11 is 0. The second-order valence-corrected chi connectivity index (χ2v) is 5.54. The lowest BCUT2D eigenvalue weighted by Crippen LogP contribution is -2.49. The predicted molar refractivity (Wildman–Crippen MR) is 58.4 cm³/mol. The fourth-order valence-corrected chi connectivity index (χ4v) is 2.14. The Balaban J connectivity index is 4.00. The summed E-state index contributed by atoms with van der Waals surface area (Å²) in [6, 6.07) is 0. The fourth-order valence-electron chi connectivity index (χ4n) is 1.06. The highest BCUT2D eigenvalue weighted by molar-refractivity contribution is 7.88. The second-order valence-electron chi connectivity index (χ2n) is 3.79. The van der Waals surface area contributed by atoms with Gasteiger partial charge in [0, 0.05) is 12.1 Å². The largest absolute Gasteiger partial charge is 0.304 e. The van der Waals surface area contributed by atoms with Crippen LogP contribution in [0.25, 0.3) is 0 Å². The molecule has 82 valence electrons. The van der Waals surface area contributed by atoms with E-state index in [0.717, 1.165) is 6.26 Å². The van der Waals surface area contributed by atoms with Crippen molar-refractivity contribution in [1.82, 2.24) is 10.0 Å². The van der Waals surface area contributed by atoms with E-state index in [4.69, 9.17) is 0 Å². The van der Waals surface area contributed by atoms with E-state index in [0.29, 0.717) is 13.1 Å². The van der Waals surface area contributed by atoms with Crippen molar-refractivity contribution in [3.63, 3.8) is 0 Å². The standard InChI is InChI=1S/C9H18N2O2S/c1-5-6-7-10-8-9(2,3)11-14(4,12)13/h10-11H,7-8H2,1-4H3. The van der Waals surface area contributed by atoms with E-state index in [1.165, 1.54) is 0 Å². The van der Waals surface area contributed by atoms with E-state index in [9.17, 15) is 8.42 Å². The number of sulfonamides is 1. The Morgan fingerprint density at radius 2 is 1.93 bits per heavy atom. The minimum Gasteiger partial charge on any atom is -0.304 e. The molecule has 0 aromatic rings. The van der Waals surface area contributed by atoms with E-state index in [1.54, 1.807) is 6.92 Å². The van der Waals surface area contributed by atoms with Gasteiger partial charge in [-0.15, -0.1) is 5.92 Å². The molecule has 0 rings (SSSR count). The van der Waals surface area contributed by atoms with Gasteiger partial charge in [0.2, 0.25) is 10.0 Å². The van der Waals surface area contributed by atoms with Crippen LogP contribution in [0.4, 0.5) is 0 Å². The SMILES string of the molecule is CC#CCNCC(C)(C)NS(C)(=O)=O. The maximum atomic E-state index is 11.0. The van der Waals surface area contributed by atoms with E-state index in [1.807, 2.05) is 13.8 Å². The third kappa shape index (κ3) is 8.05. The van der Waals surface area contributed by atoms with Gasteiger partial charge in [-0.05, 0) is 20.8 Å². The van der Waals surface area contributed by atoms with Crippen LogP contribution < -0.4 is 10.0 Å². The average molecular weight is 218 g/mol. The smallest absolute Gasteiger partial charge is 0.209 e. The van der Waals surface area contributed by atoms with E-state index in [-0.39, 0.29) is 0 Å². The zero-order valence-electron chi connectivity index (χ0n) is 9.14.